The van der Waals surface area contributed by atoms with E-state index in [4.69, 9.17) is 22.2 Å². The monoisotopic (exact) mass is 297 g/mol. The highest BCUT2D eigenvalue weighted by atomic mass is 32.1. The van der Waals surface area contributed by atoms with Crippen LogP contribution in [-0.2, 0) is 17.8 Å². The maximum Gasteiger partial charge on any atom is 0.261 e. The van der Waals surface area contributed by atoms with Gasteiger partial charge in [-0.3, -0.25) is 4.98 Å². The van der Waals surface area contributed by atoms with Gasteiger partial charge in [0.25, 0.3) is 5.17 Å². The zero-order valence-corrected chi connectivity index (χ0v) is 12.3. The number of nitriles is 1. The maximum atomic E-state index is 8.55. The number of nitrogens with zero attached hydrogens (tertiary/aromatic N) is 2. The van der Waals surface area contributed by atoms with Crippen molar-refractivity contribution in [2.24, 2.45) is 0 Å². The van der Waals surface area contributed by atoms with Crippen LogP contribution in [-0.4, -0.2) is 10.2 Å². The number of aromatic nitrogens is 1. The molecule has 0 aliphatic carbocycles. The average molecular weight is 297 g/mol. The molecule has 4 nitrogen and oxygen atoms in total. The van der Waals surface area contributed by atoms with Gasteiger partial charge < -0.3 is 10.1 Å². The molecule has 0 radical (unpaired) electrons. The minimum atomic E-state index is 0.323. The summed E-state index contributed by atoms with van der Waals surface area (Å²) in [5.74, 6) is 0. The number of thiocarbonyl (C=S) groups is 1. The summed E-state index contributed by atoms with van der Waals surface area (Å²) >= 11 is 5.14. The summed E-state index contributed by atoms with van der Waals surface area (Å²) < 4.78 is 5.46. The molecule has 0 aliphatic rings. The fourth-order valence-corrected chi connectivity index (χ4v) is 1.92. The van der Waals surface area contributed by atoms with Crippen molar-refractivity contribution in [1.29, 1.82) is 5.26 Å². The maximum absolute atomic E-state index is 8.55. The highest BCUT2D eigenvalue weighted by molar-refractivity contribution is 7.80. The third-order valence-electron chi connectivity index (χ3n) is 2.82. The van der Waals surface area contributed by atoms with Crippen molar-refractivity contribution < 1.29 is 4.74 Å². The van der Waals surface area contributed by atoms with E-state index in [9.17, 15) is 0 Å². The normalized spacial score (nSPS) is 9.67. The van der Waals surface area contributed by atoms with Crippen LogP contribution in [0.25, 0.3) is 0 Å². The van der Waals surface area contributed by atoms with Crippen LogP contribution < -0.4 is 5.32 Å². The molecule has 2 aromatic rings. The van der Waals surface area contributed by atoms with Crippen LogP contribution in [0.1, 0.15) is 17.5 Å². The molecule has 0 bridgehead atoms. The summed E-state index contributed by atoms with van der Waals surface area (Å²) in [6, 6.07) is 13.7. The minimum Gasteiger partial charge on any atom is -0.466 e. The van der Waals surface area contributed by atoms with Gasteiger partial charge in [-0.25, -0.2) is 0 Å². The van der Waals surface area contributed by atoms with Gasteiger partial charge in [-0.15, -0.1) is 0 Å². The van der Waals surface area contributed by atoms with Crippen LogP contribution in [0, 0.1) is 11.3 Å². The molecule has 21 heavy (non-hydrogen) atoms. The lowest BCUT2D eigenvalue weighted by Crippen LogP contribution is -2.13. The number of hydrogen-bond donors (Lipinski definition) is 1. The SMILES string of the molecule is N#CCCc1ccc(NC(=S)OCc2cccnc2)cc1. The molecule has 2 rings (SSSR count). The third kappa shape index (κ3) is 5.21. The number of benzene rings is 1. The van der Waals surface area contributed by atoms with Gasteiger partial charge in [-0.1, -0.05) is 18.2 Å². The lowest BCUT2D eigenvalue weighted by atomic mass is 10.1. The van der Waals surface area contributed by atoms with Gasteiger partial charge in [-0.05, 0) is 42.4 Å². The molecule has 5 heteroatoms. The smallest absolute Gasteiger partial charge is 0.261 e. The molecule has 0 fully saturated rings. The fraction of sp³-hybridized carbons (Fsp3) is 0.188. The predicted molar refractivity (Wildman–Crippen MR) is 85.6 cm³/mol. The summed E-state index contributed by atoms with van der Waals surface area (Å²) in [5, 5.41) is 11.9. The number of nitrogens with one attached hydrogen (secondary N) is 1. The van der Waals surface area contributed by atoms with E-state index in [0.717, 1.165) is 23.2 Å². The van der Waals surface area contributed by atoms with Crippen molar-refractivity contribution in [3.63, 3.8) is 0 Å². The second-order valence-corrected chi connectivity index (χ2v) is 4.79. The van der Waals surface area contributed by atoms with E-state index < -0.39 is 0 Å². The van der Waals surface area contributed by atoms with E-state index in [0.29, 0.717) is 18.2 Å². The Balaban J connectivity index is 1.81. The molecule has 0 atom stereocenters. The lowest BCUT2D eigenvalue weighted by Gasteiger charge is -2.10. The van der Waals surface area contributed by atoms with E-state index >= 15 is 0 Å². The number of hydrogen-bond acceptors (Lipinski definition) is 4. The molecule has 0 saturated carbocycles. The zero-order chi connectivity index (χ0) is 14.9. The Morgan fingerprint density at radius 2 is 2.05 bits per heavy atom. The van der Waals surface area contributed by atoms with Crippen LogP contribution in [0.15, 0.2) is 48.8 Å². The van der Waals surface area contributed by atoms with Crippen molar-refractivity contribution in [2.45, 2.75) is 19.4 Å². The van der Waals surface area contributed by atoms with Gasteiger partial charge in [-0.2, -0.15) is 5.26 Å². The summed E-state index contributed by atoms with van der Waals surface area (Å²) in [7, 11) is 0. The first-order valence-corrected chi connectivity index (χ1v) is 6.97. The molecule has 0 spiro atoms. The molecular formula is C16H15N3OS. The van der Waals surface area contributed by atoms with Crippen LogP contribution in [0.2, 0.25) is 0 Å². The Hall–Kier alpha value is -2.45. The molecule has 0 aliphatic heterocycles. The first-order chi connectivity index (χ1) is 10.3. The highest BCUT2D eigenvalue weighted by Crippen LogP contribution is 2.11. The molecule has 0 amide bonds. The van der Waals surface area contributed by atoms with Crippen molar-refractivity contribution >= 4 is 23.1 Å². The van der Waals surface area contributed by atoms with Crippen LogP contribution >= 0.6 is 12.2 Å². The Kier molecular flexibility index (Phi) is 5.68. The Labute approximate surface area is 129 Å². The van der Waals surface area contributed by atoms with Gasteiger partial charge >= 0.3 is 0 Å². The van der Waals surface area contributed by atoms with Gasteiger partial charge in [0, 0.05) is 30.1 Å². The number of ether oxygens (including phenoxy) is 1. The van der Waals surface area contributed by atoms with E-state index in [-0.39, 0.29) is 0 Å². The number of rotatable bonds is 5. The van der Waals surface area contributed by atoms with E-state index in [1.54, 1.807) is 12.4 Å². The standard InChI is InChI=1S/C16H15N3OS/c17-9-1-3-13-5-7-15(8-6-13)19-16(21)20-12-14-4-2-10-18-11-14/h2,4-8,10-11H,1,3,12H2,(H,19,21). The second-order valence-electron chi connectivity index (χ2n) is 4.42. The van der Waals surface area contributed by atoms with Crippen LogP contribution in [0.3, 0.4) is 0 Å². The van der Waals surface area contributed by atoms with Gasteiger partial charge in [0.15, 0.2) is 0 Å². The fourth-order valence-electron chi connectivity index (χ4n) is 1.74. The first kappa shape index (κ1) is 14.9. The average Bonchev–Trinajstić information content (AvgIpc) is 2.53. The topological polar surface area (TPSA) is 57.9 Å². The first-order valence-electron chi connectivity index (χ1n) is 6.56. The van der Waals surface area contributed by atoms with Crippen molar-refractivity contribution in [1.82, 2.24) is 4.98 Å². The number of aryl methyl sites for hydroxylation is 1. The molecule has 1 N–H and O–H groups in total. The number of anilines is 1. The van der Waals surface area contributed by atoms with Gasteiger partial charge in [0.1, 0.15) is 6.61 Å². The van der Waals surface area contributed by atoms with E-state index in [2.05, 4.69) is 16.4 Å². The number of pyridine rings is 1. The molecule has 106 valence electrons. The zero-order valence-electron chi connectivity index (χ0n) is 11.5. The molecule has 1 aromatic heterocycles. The Morgan fingerprint density at radius 3 is 2.71 bits per heavy atom. The summed E-state index contributed by atoms with van der Waals surface area (Å²) in [5.41, 5.74) is 2.96. The predicted octanol–water partition coefficient (Wildman–Crippen LogP) is 3.45. The quantitative estimate of drug-likeness (QED) is 0.857. The van der Waals surface area contributed by atoms with E-state index in [1.165, 1.54) is 0 Å². The van der Waals surface area contributed by atoms with Crippen molar-refractivity contribution in [3.8, 4) is 6.07 Å². The van der Waals surface area contributed by atoms with Crippen molar-refractivity contribution in [2.75, 3.05) is 5.32 Å². The Bertz CT molecular complexity index is 620. The second kappa shape index (κ2) is 7.98. The molecule has 1 heterocycles. The lowest BCUT2D eigenvalue weighted by molar-refractivity contribution is 0.299. The minimum absolute atomic E-state index is 0.323. The molecule has 1 aromatic carbocycles. The summed E-state index contributed by atoms with van der Waals surface area (Å²) in [4.78, 5) is 4.01. The van der Waals surface area contributed by atoms with Gasteiger partial charge in [0.05, 0.1) is 6.07 Å². The van der Waals surface area contributed by atoms with Crippen LogP contribution in [0.4, 0.5) is 5.69 Å². The van der Waals surface area contributed by atoms with Crippen molar-refractivity contribution in [3.05, 3.63) is 59.9 Å². The Morgan fingerprint density at radius 1 is 1.24 bits per heavy atom. The van der Waals surface area contributed by atoms with Gasteiger partial charge in [0.2, 0.25) is 0 Å². The summed E-state index contributed by atoms with van der Waals surface area (Å²) in [6.07, 6.45) is 4.75. The largest absolute Gasteiger partial charge is 0.466 e. The third-order valence-corrected chi connectivity index (χ3v) is 3.04. The highest BCUT2D eigenvalue weighted by Gasteiger charge is 2.00. The van der Waals surface area contributed by atoms with E-state index in [1.807, 2.05) is 36.4 Å². The molecule has 0 unspecified atom stereocenters. The van der Waals surface area contributed by atoms with Crippen LogP contribution in [0.5, 0.6) is 0 Å². The molecule has 0 saturated heterocycles. The summed E-state index contributed by atoms with van der Waals surface area (Å²) in [6.45, 7) is 0.389. The molecular weight excluding hydrogens is 282 g/mol.